The van der Waals surface area contributed by atoms with E-state index in [1.165, 1.54) is 21.5 Å². The Morgan fingerprint density at radius 3 is 2.81 bits per heavy atom. The molecule has 0 aliphatic heterocycles. The molecule has 0 amide bonds. The average Bonchev–Trinajstić information content (AvgIpc) is 2.69. The molecule has 1 rings (SSSR count). The van der Waals surface area contributed by atoms with Gasteiger partial charge in [-0.15, -0.1) is 11.3 Å². The first-order chi connectivity index (χ1) is 7.76. The first kappa shape index (κ1) is 13.5. The predicted molar refractivity (Wildman–Crippen MR) is 75.1 cm³/mol. The van der Waals surface area contributed by atoms with Gasteiger partial charge in [0.1, 0.15) is 0 Å². The van der Waals surface area contributed by atoms with E-state index in [4.69, 9.17) is 0 Å². The van der Waals surface area contributed by atoms with Crippen LogP contribution in [0.25, 0.3) is 0 Å². The van der Waals surface area contributed by atoms with Gasteiger partial charge in [0.2, 0.25) is 0 Å². The zero-order valence-corrected chi connectivity index (χ0v) is 12.1. The Morgan fingerprint density at radius 1 is 1.44 bits per heavy atom. The van der Waals surface area contributed by atoms with Gasteiger partial charge in [-0.3, -0.25) is 4.99 Å². The Balaban J connectivity index is 2.29. The van der Waals surface area contributed by atoms with Gasteiger partial charge in [-0.05, 0) is 34.5 Å². The largest absolute Gasteiger partial charge is 0.356 e. The van der Waals surface area contributed by atoms with Crippen LogP contribution in [-0.2, 0) is 6.54 Å². The molecule has 0 radical (unpaired) electrons. The van der Waals surface area contributed by atoms with Crippen LogP contribution in [0.4, 0.5) is 0 Å². The molecule has 1 aromatic rings. The number of aliphatic imine (C=N–C) groups is 1. The van der Waals surface area contributed by atoms with Crippen molar-refractivity contribution in [1.82, 2.24) is 10.6 Å². The lowest BCUT2D eigenvalue weighted by Crippen LogP contribution is -2.37. The normalized spacial score (nSPS) is 11.6. The molecule has 0 fully saturated rings. The molecule has 2 N–H and O–H groups in total. The molecule has 1 heterocycles. The summed E-state index contributed by atoms with van der Waals surface area (Å²) in [6.07, 6.45) is 2.37. The fraction of sp³-hybridized carbons (Fsp3) is 0.545. The maximum absolute atomic E-state index is 4.17. The predicted octanol–water partition coefficient (Wildman–Crippen LogP) is 2.98. The van der Waals surface area contributed by atoms with E-state index in [-0.39, 0.29) is 0 Å². The van der Waals surface area contributed by atoms with E-state index in [1.54, 1.807) is 18.4 Å². The second kappa shape index (κ2) is 7.68. The van der Waals surface area contributed by atoms with Crippen molar-refractivity contribution in [3.63, 3.8) is 0 Å². The number of hydrogen-bond acceptors (Lipinski definition) is 2. The number of halogens is 1. The van der Waals surface area contributed by atoms with Gasteiger partial charge in [-0.2, -0.15) is 0 Å². The van der Waals surface area contributed by atoms with Crippen LogP contribution in [0.1, 0.15) is 24.6 Å². The number of unbranched alkanes of at least 4 members (excludes halogenated alkanes) is 1. The SMILES string of the molecule is CCCCNC(=NC)NCc1ccc(Br)s1. The number of nitrogens with one attached hydrogen (secondary N) is 2. The minimum atomic E-state index is 0.821. The molecule has 0 aliphatic rings. The number of guanidine groups is 1. The Morgan fingerprint density at radius 2 is 2.25 bits per heavy atom. The van der Waals surface area contributed by atoms with E-state index in [0.717, 1.165) is 19.0 Å². The minimum Gasteiger partial charge on any atom is -0.356 e. The fourth-order valence-electron chi connectivity index (χ4n) is 1.22. The number of rotatable bonds is 5. The Bertz CT molecular complexity index is 336. The second-order valence-electron chi connectivity index (χ2n) is 3.41. The molecule has 0 aromatic carbocycles. The fourth-order valence-corrected chi connectivity index (χ4v) is 2.64. The van der Waals surface area contributed by atoms with Crippen LogP contribution >= 0.6 is 27.3 Å². The van der Waals surface area contributed by atoms with E-state index in [9.17, 15) is 0 Å². The van der Waals surface area contributed by atoms with E-state index >= 15 is 0 Å². The topological polar surface area (TPSA) is 36.4 Å². The van der Waals surface area contributed by atoms with Gasteiger partial charge in [0, 0.05) is 18.5 Å². The lowest BCUT2D eigenvalue weighted by Gasteiger charge is -2.10. The Hall–Kier alpha value is -0.550. The van der Waals surface area contributed by atoms with Crippen LogP contribution in [0.15, 0.2) is 20.9 Å². The molecule has 0 atom stereocenters. The summed E-state index contributed by atoms with van der Waals surface area (Å²) >= 11 is 5.19. The summed E-state index contributed by atoms with van der Waals surface area (Å²) in [4.78, 5) is 5.47. The number of nitrogens with zero attached hydrogens (tertiary/aromatic N) is 1. The van der Waals surface area contributed by atoms with Crippen molar-refractivity contribution in [2.24, 2.45) is 4.99 Å². The molecule has 0 spiro atoms. The van der Waals surface area contributed by atoms with Crippen molar-refractivity contribution < 1.29 is 0 Å². The third kappa shape index (κ3) is 4.99. The highest BCUT2D eigenvalue weighted by Gasteiger charge is 1.99. The zero-order valence-electron chi connectivity index (χ0n) is 9.72. The monoisotopic (exact) mass is 303 g/mol. The van der Waals surface area contributed by atoms with Crippen molar-refractivity contribution >= 4 is 33.2 Å². The smallest absolute Gasteiger partial charge is 0.191 e. The summed E-state index contributed by atoms with van der Waals surface area (Å²) in [7, 11) is 1.80. The molecule has 90 valence electrons. The van der Waals surface area contributed by atoms with E-state index < -0.39 is 0 Å². The maximum atomic E-state index is 4.17. The van der Waals surface area contributed by atoms with Gasteiger partial charge in [-0.1, -0.05) is 13.3 Å². The van der Waals surface area contributed by atoms with Gasteiger partial charge >= 0.3 is 0 Å². The van der Waals surface area contributed by atoms with Crippen molar-refractivity contribution in [3.05, 3.63) is 20.8 Å². The number of hydrogen-bond donors (Lipinski definition) is 2. The first-order valence-corrected chi connectivity index (χ1v) is 7.06. The quantitative estimate of drug-likeness (QED) is 0.498. The highest BCUT2D eigenvalue weighted by Crippen LogP contribution is 2.21. The summed E-state index contributed by atoms with van der Waals surface area (Å²) < 4.78 is 1.17. The maximum Gasteiger partial charge on any atom is 0.191 e. The Kier molecular flexibility index (Phi) is 6.49. The first-order valence-electron chi connectivity index (χ1n) is 5.45. The minimum absolute atomic E-state index is 0.821. The highest BCUT2D eigenvalue weighted by molar-refractivity contribution is 9.11. The van der Waals surface area contributed by atoms with E-state index in [0.29, 0.717) is 0 Å². The third-order valence-corrected chi connectivity index (χ3v) is 3.73. The third-order valence-electron chi connectivity index (χ3n) is 2.11. The molecule has 0 saturated heterocycles. The molecule has 16 heavy (non-hydrogen) atoms. The molecule has 0 aliphatic carbocycles. The lowest BCUT2D eigenvalue weighted by molar-refractivity contribution is 0.730. The van der Waals surface area contributed by atoms with Gasteiger partial charge in [0.05, 0.1) is 10.3 Å². The Labute approximate surface area is 109 Å². The average molecular weight is 304 g/mol. The molecule has 5 heteroatoms. The second-order valence-corrected chi connectivity index (χ2v) is 5.96. The van der Waals surface area contributed by atoms with Crippen molar-refractivity contribution in [2.45, 2.75) is 26.3 Å². The van der Waals surface area contributed by atoms with Crippen LogP contribution < -0.4 is 10.6 Å². The summed E-state index contributed by atoms with van der Waals surface area (Å²) in [5.41, 5.74) is 0. The van der Waals surface area contributed by atoms with Crippen LogP contribution in [0.2, 0.25) is 0 Å². The lowest BCUT2D eigenvalue weighted by atomic mass is 10.3. The van der Waals surface area contributed by atoms with Crippen LogP contribution in [-0.4, -0.2) is 19.6 Å². The standard InChI is InChI=1S/C11H18BrN3S/c1-3-4-7-14-11(13-2)15-8-9-5-6-10(12)16-9/h5-6H,3-4,7-8H2,1-2H3,(H2,13,14,15). The molecular weight excluding hydrogens is 286 g/mol. The van der Waals surface area contributed by atoms with Crippen molar-refractivity contribution in [3.8, 4) is 0 Å². The van der Waals surface area contributed by atoms with Gasteiger partial charge in [-0.25, -0.2) is 0 Å². The summed E-state index contributed by atoms with van der Waals surface area (Å²) in [6, 6.07) is 4.18. The molecule has 0 unspecified atom stereocenters. The molecular formula is C11H18BrN3S. The van der Waals surface area contributed by atoms with Crippen molar-refractivity contribution in [2.75, 3.05) is 13.6 Å². The van der Waals surface area contributed by atoms with E-state index in [1.807, 2.05) is 0 Å². The zero-order chi connectivity index (χ0) is 11.8. The van der Waals surface area contributed by atoms with Crippen LogP contribution in [0.3, 0.4) is 0 Å². The number of thiophene rings is 1. The highest BCUT2D eigenvalue weighted by atomic mass is 79.9. The van der Waals surface area contributed by atoms with Crippen LogP contribution in [0, 0.1) is 0 Å². The molecule has 1 aromatic heterocycles. The summed E-state index contributed by atoms with van der Waals surface area (Å²) in [5, 5.41) is 6.57. The van der Waals surface area contributed by atoms with Crippen molar-refractivity contribution in [1.29, 1.82) is 0 Å². The molecule has 0 saturated carbocycles. The van der Waals surface area contributed by atoms with Gasteiger partial charge in [0.15, 0.2) is 5.96 Å². The summed E-state index contributed by atoms with van der Waals surface area (Å²) in [5.74, 6) is 0.873. The van der Waals surface area contributed by atoms with E-state index in [2.05, 4.69) is 50.6 Å². The van der Waals surface area contributed by atoms with Crippen LogP contribution in [0.5, 0.6) is 0 Å². The molecule has 0 bridgehead atoms. The summed E-state index contributed by atoms with van der Waals surface area (Å²) in [6.45, 7) is 3.98. The van der Waals surface area contributed by atoms with Gasteiger partial charge < -0.3 is 10.6 Å². The van der Waals surface area contributed by atoms with Gasteiger partial charge in [0.25, 0.3) is 0 Å². The molecule has 3 nitrogen and oxygen atoms in total.